The fourth-order valence-electron chi connectivity index (χ4n) is 5.35. The molecule has 2 aliphatic heterocycles. The van der Waals surface area contributed by atoms with Gasteiger partial charge in [-0.05, 0) is 55.5 Å². The van der Waals surface area contributed by atoms with Crippen LogP contribution in [0, 0.1) is 5.92 Å². The lowest BCUT2D eigenvalue weighted by atomic mass is 9.83. The van der Waals surface area contributed by atoms with Crippen molar-refractivity contribution in [2.75, 3.05) is 18.9 Å². The number of aromatic nitrogens is 2. The van der Waals surface area contributed by atoms with Crippen molar-refractivity contribution < 1.29 is 9.59 Å². The van der Waals surface area contributed by atoms with E-state index in [-0.39, 0.29) is 23.7 Å². The number of fused-ring (bicyclic) bond motifs is 3. The van der Waals surface area contributed by atoms with Crippen LogP contribution in [0.25, 0.3) is 0 Å². The van der Waals surface area contributed by atoms with Crippen molar-refractivity contribution in [2.24, 2.45) is 5.92 Å². The zero-order valence-corrected chi connectivity index (χ0v) is 20.0. The monoisotopic (exact) mass is 457 g/mol. The minimum absolute atomic E-state index is 0.00645. The first-order valence-electron chi connectivity index (χ1n) is 12.1. The van der Waals surface area contributed by atoms with Crippen LogP contribution in [0.15, 0.2) is 54.4 Å². The third-order valence-corrected chi connectivity index (χ3v) is 7.32. The molecule has 3 atom stereocenters. The van der Waals surface area contributed by atoms with Crippen LogP contribution >= 0.6 is 0 Å². The van der Waals surface area contributed by atoms with Gasteiger partial charge in [-0.15, -0.1) is 0 Å². The smallest absolute Gasteiger partial charge is 0.254 e. The Bertz CT molecular complexity index is 1170. The van der Waals surface area contributed by atoms with E-state index in [1.54, 1.807) is 11.1 Å². The number of hydrogen-bond donors (Lipinski definition) is 1. The summed E-state index contributed by atoms with van der Waals surface area (Å²) in [5.41, 5.74) is 4.25. The van der Waals surface area contributed by atoms with Crippen LogP contribution in [0.4, 0.5) is 11.6 Å². The van der Waals surface area contributed by atoms with E-state index in [2.05, 4.69) is 30.2 Å². The van der Waals surface area contributed by atoms with Gasteiger partial charge in [0.25, 0.3) is 5.91 Å². The Kier molecular flexibility index (Phi) is 5.94. The van der Waals surface area contributed by atoms with Gasteiger partial charge >= 0.3 is 0 Å². The second kappa shape index (κ2) is 9.05. The van der Waals surface area contributed by atoms with Crippen LogP contribution < -0.4 is 5.32 Å². The van der Waals surface area contributed by atoms with Crippen molar-refractivity contribution in [3.8, 4) is 0 Å². The number of nitrogens with zero attached hydrogens (tertiary/aromatic N) is 4. The van der Waals surface area contributed by atoms with E-state index in [0.29, 0.717) is 24.0 Å². The summed E-state index contributed by atoms with van der Waals surface area (Å²) in [6.07, 6.45) is 11.4. The molecule has 3 aliphatic rings. The van der Waals surface area contributed by atoms with E-state index in [0.717, 1.165) is 48.4 Å². The van der Waals surface area contributed by atoms with Gasteiger partial charge < -0.3 is 15.1 Å². The van der Waals surface area contributed by atoms with Crippen LogP contribution in [0.1, 0.15) is 60.6 Å². The number of likely N-dealkylation sites (N-methyl/N-ethyl adjacent to an activating group) is 1. The summed E-state index contributed by atoms with van der Waals surface area (Å²) in [5.74, 6) is 0.862. The number of rotatable bonds is 4. The molecule has 0 spiro atoms. The van der Waals surface area contributed by atoms with E-state index in [4.69, 9.17) is 4.98 Å². The minimum Gasteiger partial charge on any atom is -0.336 e. The van der Waals surface area contributed by atoms with Gasteiger partial charge in [0, 0.05) is 54.3 Å². The summed E-state index contributed by atoms with van der Waals surface area (Å²) < 4.78 is 0. The van der Waals surface area contributed by atoms with Crippen LogP contribution in [0.5, 0.6) is 0 Å². The normalized spacial score (nSPS) is 23.8. The van der Waals surface area contributed by atoms with E-state index in [1.165, 1.54) is 0 Å². The van der Waals surface area contributed by atoms with Crippen LogP contribution in [0.3, 0.4) is 0 Å². The number of benzene rings is 1. The van der Waals surface area contributed by atoms with Crippen molar-refractivity contribution in [2.45, 2.75) is 51.5 Å². The molecule has 5 rings (SSSR count). The minimum atomic E-state index is 0.00645. The molecule has 1 aromatic heterocycles. The predicted molar refractivity (Wildman–Crippen MR) is 132 cm³/mol. The van der Waals surface area contributed by atoms with Crippen molar-refractivity contribution in [3.05, 3.63) is 71.2 Å². The molecule has 3 unspecified atom stereocenters. The molecule has 0 radical (unpaired) electrons. The Morgan fingerprint density at radius 1 is 1.24 bits per heavy atom. The number of anilines is 2. The Morgan fingerprint density at radius 2 is 2.03 bits per heavy atom. The van der Waals surface area contributed by atoms with E-state index < -0.39 is 0 Å². The Balaban J connectivity index is 1.38. The molecular weight excluding hydrogens is 426 g/mol. The summed E-state index contributed by atoms with van der Waals surface area (Å²) in [5, 5.41) is 3.28. The number of carbonyl (C=O) groups is 2. The molecule has 1 aliphatic carbocycles. The first-order valence-corrected chi connectivity index (χ1v) is 12.1. The summed E-state index contributed by atoms with van der Waals surface area (Å²) >= 11 is 0. The molecule has 7 heteroatoms. The maximum absolute atomic E-state index is 12.9. The predicted octanol–water partition coefficient (Wildman–Crippen LogP) is 4.42. The van der Waals surface area contributed by atoms with Gasteiger partial charge in [0.15, 0.2) is 0 Å². The summed E-state index contributed by atoms with van der Waals surface area (Å²) in [6, 6.07) is 7.87. The highest BCUT2D eigenvalue weighted by atomic mass is 16.2. The summed E-state index contributed by atoms with van der Waals surface area (Å²) in [6.45, 7) is 5.13. The highest BCUT2D eigenvalue weighted by molar-refractivity contribution is 5.95. The van der Waals surface area contributed by atoms with Gasteiger partial charge in [0.05, 0.1) is 12.1 Å². The van der Waals surface area contributed by atoms with Gasteiger partial charge in [0.2, 0.25) is 11.9 Å². The Labute approximate surface area is 200 Å². The lowest BCUT2D eigenvalue weighted by Gasteiger charge is -2.30. The highest BCUT2D eigenvalue weighted by Gasteiger charge is 2.35. The van der Waals surface area contributed by atoms with Crippen molar-refractivity contribution in [3.63, 3.8) is 0 Å². The molecule has 1 saturated heterocycles. The van der Waals surface area contributed by atoms with Crippen LogP contribution in [-0.4, -0.2) is 51.2 Å². The molecule has 176 valence electrons. The molecule has 0 bridgehead atoms. The first-order chi connectivity index (χ1) is 16.5. The molecule has 2 amide bonds. The standard InChI is InChI=1S/C27H31N5O2/c1-4-21-8-6-14-32(21)26(34)18-10-12-20(13-11-18)29-27-28-16-19-15-23(33)31(3)22-9-5-7-17(2)24(22)25(19)30-27/h5,7,9-13,16-17,21,24H,4,6,8,14-15H2,1-3H3,(H,28,29,30). The van der Waals surface area contributed by atoms with Gasteiger partial charge in [0.1, 0.15) is 0 Å². The van der Waals surface area contributed by atoms with Gasteiger partial charge in [-0.2, -0.15) is 0 Å². The third-order valence-electron chi connectivity index (χ3n) is 7.32. The largest absolute Gasteiger partial charge is 0.336 e. The highest BCUT2D eigenvalue weighted by Crippen LogP contribution is 2.40. The number of nitrogens with one attached hydrogen (secondary N) is 1. The number of allylic oxidation sites excluding steroid dienone is 4. The number of amides is 2. The molecule has 2 aromatic rings. The summed E-state index contributed by atoms with van der Waals surface area (Å²) in [7, 11) is 1.83. The average molecular weight is 458 g/mol. The van der Waals surface area contributed by atoms with E-state index in [9.17, 15) is 9.59 Å². The molecule has 3 heterocycles. The average Bonchev–Trinajstić information content (AvgIpc) is 3.29. The van der Waals surface area contributed by atoms with E-state index >= 15 is 0 Å². The Morgan fingerprint density at radius 3 is 2.79 bits per heavy atom. The number of carbonyl (C=O) groups excluding carboxylic acids is 2. The molecule has 1 N–H and O–H groups in total. The maximum Gasteiger partial charge on any atom is 0.254 e. The Hall–Kier alpha value is -3.48. The lowest BCUT2D eigenvalue weighted by molar-refractivity contribution is -0.127. The zero-order chi connectivity index (χ0) is 23.8. The van der Waals surface area contributed by atoms with Crippen LogP contribution in [0.2, 0.25) is 0 Å². The summed E-state index contributed by atoms with van der Waals surface area (Å²) in [4.78, 5) is 38.7. The molecule has 7 nitrogen and oxygen atoms in total. The molecule has 34 heavy (non-hydrogen) atoms. The zero-order valence-electron chi connectivity index (χ0n) is 20.0. The van der Waals surface area contributed by atoms with Crippen molar-refractivity contribution in [1.29, 1.82) is 0 Å². The first kappa shape index (κ1) is 22.3. The maximum atomic E-state index is 12.9. The van der Waals surface area contributed by atoms with Gasteiger partial charge in [-0.3, -0.25) is 9.59 Å². The SMILES string of the molecule is CCC1CCCN1C(=O)c1ccc(Nc2ncc3c(n2)C2C(=CC=CC2C)N(C)C(=O)C3)cc1. The third kappa shape index (κ3) is 4.00. The molecule has 1 fully saturated rings. The topological polar surface area (TPSA) is 78.4 Å². The van der Waals surface area contributed by atoms with Crippen molar-refractivity contribution >= 4 is 23.5 Å². The van der Waals surface area contributed by atoms with Gasteiger partial charge in [-0.25, -0.2) is 9.97 Å². The fourth-order valence-corrected chi connectivity index (χ4v) is 5.35. The van der Waals surface area contributed by atoms with Crippen LogP contribution in [-0.2, 0) is 11.2 Å². The fraction of sp³-hybridized carbons (Fsp3) is 0.407. The van der Waals surface area contributed by atoms with Gasteiger partial charge in [-0.1, -0.05) is 26.0 Å². The quantitative estimate of drug-likeness (QED) is 0.735. The van der Waals surface area contributed by atoms with E-state index in [1.807, 2.05) is 48.4 Å². The number of likely N-dealkylation sites (tertiary alicyclic amines) is 1. The second-order valence-electron chi connectivity index (χ2n) is 9.45. The number of hydrogen-bond acceptors (Lipinski definition) is 5. The molecule has 0 saturated carbocycles. The second-order valence-corrected chi connectivity index (χ2v) is 9.45. The molecule has 1 aromatic carbocycles. The van der Waals surface area contributed by atoms with Crippen molar-refractivity contribution in [1.82, 2.24) is 19.8 Å². The molecular formula is C27H31N5O2. The lowest BCUT2D eigenvalue weighted by Crippen LogP contribution is -2.35.